The summed E-state index contributed by atoms with van der Waals surface area (Å²) in [7, 11) is 1.32. The van der Waals surface area contributed by atoms with Gasteiger partial charge in [0.15, 0.2) is 0 Å². The molecule has 0 saturated carbocycles. The number of esters is 1. The Balaban J connectivity index is 2.52. The Hall–Kier alpha value is -2.41. The summed E-state index contributed by atoms with van der Waals surface area (Å²) in [5.41, 5.74) is 0.549. The van der Waals surface area contributed by atoms with Crippen LogP contribution in [0, 0.1) is 5.92 Å². The van der Waals surface area contributed by atoms with E-state index in [1.54, 1.807) is 36.1 Å². The Labute approximate surface area is 154 Å². The minimum atomic E-state index is -0.426. The Bertz CT molecular complexity index is 577. The molecule has 0 bridgehead atoms. The summed E-state index contributed by atoms with van der Waals surface area (Å²) in [5, 5.41) is 2.73. The first-order chi connectivity index (χ1) is 12.5. The maximum absolute atomic E-state index is 12.5. The average molecular weight is 364 g/mol. The first kappa shape index (κ1) is 21.6. The van der Waals surface area contributed by atoms with E-state index in [2.05, 4.69) is 5.32 Å². The average Bonchev–Trinajstić information content (AvgIpc) is 2.66. The molecule has 0 aliphatic rings. The van der Waals surface area contributed by atoms with E-state index in [9.17, 15) is 14.4 Å². The van der Waals surface area contributed by atoms with Crippen LogP contribution in [-0.4, -0.2) is 62.6 Å². The fourth-order valence-corrected chi connectivity index (χ4v) is 2.38. The third-order valence-corrected chi connectivity index (χ3v) is 3.82. The highest BCUT2D eigenvalue weighted by Crippen LogP contribution is 2.05. The molecule has 0 spiro atoms. The molecule has 1 atom stereocenters. The quantitative estimate of drug-likeness (QED) is 0.475. The molecule has 1 aromatic carbocycles. The van der Waals surface area contributed by atoms with Crippen LogP contribution in [0.25, 0.3) is 0 Å². The molecule has 0 radical (unpaired) electrons. The number of nitrogens with zero attached hydrogens (tertiary/aromatic N) is 1. The van der Waals surface area contributed by atoms with Gasteiger partial charge in [-0.2, -0.15) is 0 Å². The number of rotatable bonds is 11. The van der Waals surface area contributed by atoms with Crippen LogP contribution in [0.5, 0.6) is 0 Å². The topological polar surface area (TPSA) is 84.9 Å². The molecule has 26 heavy (non-hydrogen) atoms. The van der Waals surface area contributed by atoms with E-state index < -0.39 is 5.92 Å². The molecular formula is C19H28N2O5. The van der Waals surface area contributed by atoms with Crippen LogP contribution in [0.15, 0.2) is 30.3 Å². The van der Waals surface area contributed by atoms with Gasteiger partial charge in [0, 0.05) is 38.2 Å². The SMILES string of the molecule is CCOCCN(C[C@H](C)C(=O)OC)C(=O)CCNC(=O)c1ccccc1. The number of ether oxygens (including phenoxy) is 2. The van der Waals surface area contributed by atoms with Crippen LogP contribution in [0.3, 0.4) is 0 Å². The number of hydrogen-bond donors (Lipinski definition) is 1. The van der Waals surface area contributed by atoms with Crippen molar-refractivity contribution >= 4 is 17.8 Å². The van der Waals surface area contributed by atoms with E-state index in [0.29, 0.717) is 25.3 Å². The van der Waals surface area contributed by atoms with Gasteiger partial charge >= 0.3 is 5.97 Å². The van der Waals surface area contributed by atoms with Crippen molar-refractivity contribution in [3.05, 3.63) is 35.9 Å². The fraction of sp³-hybridized carbons (Fsp3) is 0.526. The van der Waals surface area contributed by atoms with E-state index in [0.717, 1.165) is 0 Å². The molecular weight excluding hydrogens is 336 g/mol. The molecule has 0 unspecified atom stereocenters. The lowest BCUT2D eigenvalue weighted by atomic mass is 10.1. The van der Waals surface area contributed by atoms with Crippen molar-refractivity contribution in [2.75, 3.05) is 40.0 Å². The lowest BCUT2D eigenvalue weighted by molar-refractivity contribution is -0.146. The van der Waals surface area contributed by atoms with E-state index in [1.165, 1.54) is 7.11 Å². The number of hydrogen-bond acceptors (Lipinski definition) is 5. The molecule has 1 aromatic rings. The normalized spacial score (nSPS) is 11.5. The Kier molecular flexibility index (Phi) is 10.0. The van der Waals surface area contributed by atoms with Crippen LogP contribution in [0.2, 0.25) is 0 Å². The standard InChI is InChI=1S/C19H28N2O5/c1-4-26-13-12-21(14-15(2)19(24)25-3)17(22)10-11-20-18(23)16-8-6-5-7-9-16/h5-9,15H,4,10-14H2,1-3H3,(H,20,23)/t15-/m0/s1. The number of carbonyl (C=O) groups is 3. The van der Waals surface area contributed by atoms with E-state index in [4.69, 9.17) is 9.47 Å². The number of amides is 2. The number of nitrogens with one attached hydrogen (secondary N) is 1. The molecule has 0 heterocycles. The summed E-state index contributed by atoms with van der Waals surface area (Å²) >= 11 is 0. The van der Waals surface area contributed by atoms with Gasteiger partial charge in [-0.25, -0.2) is 0 Å². The predicted molar refractivity (Wildman–Crippen MR) is 97.6 cm³/mol. The van der Waals surface area contributed by atoms with Gasteiger partial charge in [-0.3, -0.25) is 14.4 Å². The second kappa shape index (κ2) is 12.0. The number of methoxy groups -OCH3 is 1. The summed E-state index contributed by atoms with van der Waals surface area (Å²) in [6.45, 7) is 5.41. The summed E-state index contributed by atoms with van der Waals surface area (Å²) in [4.78, 5) is 37.7. The van der Waals surface area contributed by atoms with Gasteiger partial charge in [0.1, 0.15) is 0 Å². The molecule has 0 saturated heterocycles. The monoisotopic (exact) mass is 364 g/mol. The van der Waals surface area contributed by atoms with Crippen LogP contribution in [-0.2, 0) is 19.1 Å². The third-order valence-electron chi connectivity index (χ3n) is 3.82. The molecule has 144 valence electrons. The molecule has 0 aromatic heterocycles. The molecule has 0 fully saturated rings. The lowest BCUT2D eigenvalue weighted by Gasteiger charge is -2.25. The van der Waals surface area contributed by atoms with Gasteiger partial charge in [-0.1, -0.05) is 25.1 Å². The van der Waals surface area contributed by atoms with Crippen molar-refractivity contribution in [3.8, 4) is 0 Å². The molecule has 0 aliphatic heterocycles. The van der Waals surface area contributed by atoms with Crippen LogP contribution in [0.1, 0.15) is 30.6 Å². The maximum Gasteiger partial charge on any atom is 0.310 e. The first-order valence-corrected chi connectivity index (χ1v) is 8.76. The highest BCUT2D eigenvalue weighted by atomic mass is 16.5. The number of benzene rings is 1. The van der Waals surface area contributed by atoms with Gasteiger partial charge in [-0.05, 0) is 19.1 Å². The van der Waals surface area contributed by atoms with Crippen molar-refractivity contribution < 1.29 is 23.9 Å². The molecule has 2 amide bonds. The zero-order chi connectivity index (χ0) is 19.4. The van der Waals surface area contributed by atoms with Gasteiger partial charge in [-0.15, -0.1) is 0 Å². The highest BCUT2D eigenvalue weighted by Gasteiger charge is 2.21. The van der Waals surface area contributed by atoms with E-state index in [1.807, 2.05) is 13.0 Å². The lowest BCUT2D eigenvalue weighted by Crippen LogP contribution is -2.40. The van der Waals surface area contributed by atoms with E-state index in [-0.39, 0.29) is 37.3 Å². The zero-order valence-electron chi connectivity index (χ0n) is 15.7. The first-order valence-electron chi connectivity index (χ1n) is 8.76. The molecule has 1 N–H and O–H groups in total. The van der Waals surface area contributed by atoms with Gasteiger partial charge in [0.05, 0.1) is 19.6 Å². The fourth-order valence-electron chi connectivity index (χ4n) is 2.38. The Morgan fingerprint density at radius 3 is 2.50 bits per heavy atom. The van der Waals surface area contributed by atoms with Crippen LogP contribution in [0.4, 0.5) is 0 Å². The van der Waals surface area contributed by atoms with Gasteiger partial charge in [0.25, 0.3) is 5.91 Å². The summed E-state index contributed by atoms with van der Waals surface area (Å²) in [5.74, 6) is -1.16. The van der Waals surface area contributed by atoms with Crippen molar-refractivity contribution in [1.82, 2.24) is 10.2 Å². The minimum absolute atomic E-state index is 0.145. The Morgan fingerprint density at radius 2 is 1.88 bits per heavy atom. The summed E-state index contributed by atoms with van der Waals surface area (Å²) in [6.07, 6.45) is 0.151. The highest BCUT2D eigenvalue weighted by molar-refractivity contribution is 5.94. The molecule has 0 aliphatic carbocycles. The van der Waals surface area contributed by atoms with Crippen LogP contribution < -0.4 is 5.32 Å². The summed E-state index contributed by atoms with van der Waals surface area (Å²) in [6, 6.07) is 8.82. The van der Waals surface area contributed by atoms with Gasteiger partial charge < -0.3 is 19.7 Å². The third kappa shape index (κ3) is 7.65. The summed E-state index contributed by atoms with van der Waals surface area (Å²) < 4.78 is 10.0. The molecule has 7 heteroatoms. The van der Waals surface area contributed by atoms with Crippen molar-refractivity contribution in [2.45, 2.75) is 20.3 Å². The van der Waals surface area contributed by atoms with Crippen molar-refractivity contribution in [2.24, 2.45) is 5.92 Å². The second-order valence-electron chi connectivity index (χ2n) is 5.83. The largest absolute Gasteiger partial charge is 0.469 e. The Morgan fingerprint density at radius 1 is 1.19 bits per heavy atom. The van der Waals surface area contributed by atoms with Gasteiger partial charge in [0.2, 0.25) is 5.91 Å². The van der Waals surface area contributed by atoms with Crippen LogP contribution >= 0.6 is 0 Å². The zero-order valence-corrected chi connectivity index (χ0v) is 15.7. The number of carbonyl (C=O) groups excluding carboxylic acids is 3. The molecule has 7 nitrogen and oxygen atoms in total. The smallest absolute Gasteiger partial charge is 0.310 e. The van der Waals surface area contributed by atoms with E-state index >= 15 is 0 Å². The minimum Gasteiger partial charge on any atom is -0.469 e. The molecule has 1 rings (SSSR count). The van der Waals surface area contributed by atoms with Crippen molar-refractivity contribution in [1.29, 1.82) is 0 Å². The maximum atomic E-state index is 12.5. The van der Waals surface area contributed by atoms with Crippen molar-refractivity contribution in [3.63, 3.8) is 0 Å². The predicted octanol–water partition coefficient (Wildman–Crippen LogP) is 1.48. The second-order valence-corrected chi connectivity index (χ2v) is 5.83.